The first kappa shape index (κ1) is 13.8. The van der Waals surface area contributed by atoms with Crippen LogP contribution in [-0.4, -0.2) is 12.8 Å². The molecule has 1 atom stereocenters. The van der Waals surface area contributed by atoms with E-state index in [1.165, 1.54) is 24.3 Å². The van der Waals surface area contributed by atoms with Gasteiger partial charge in [-0.15, -0.1) is 0 Å². The van der Waals surface area contributed by atoms with Gasteiger partial charge in [0.15, 0.2) is 0 Å². The fourth-order valence-electron chi connectivity index (χ4n) is 1.29. The predicted octanol–water partition coefficient (Wildman–Crippen LogP) is 3.43. The average Bonchev–Trinajstić information content (AvgIpc) is 2.28. The third-order valence-electron chi connectivity index (χ3n) is 2.36. The monoisotopic (exact) mass is 247 g/mol. The minimum absolute atomic E-state index is 0.0420. The smallest absolute Gasteiger partial charge is 0.407 e. The molecule has 0 amide bonds. The van der Waals surface area contributed by atoms with Crippen LogP contribution >= 0.6 is 0 Å². The van der Waals surface area contributed by atoms with Crippen LogP contribution in [0.25, 0.3) is 0 Å². The minimum Gasteiger partial charge on any atom is -0.494 e. The highest BCUT2D eigenvalue weighted by Crippen LogP contribution is 2.31. The zero-order valence-electron chi connectivity index (χ0n) is 9.63. The summed E-state index contributed by atoms with van der Waals surface area (Å²) in [6.07, 6.45) is -2.48. The molecule has 5 heteroatoms. The molecule has 0 aliphatic heterocycles. The molecule has 0 aliphatic carbocycles. The Balaban J connectivity index is 2.61. The highest BCUT2D eigenvalue weighted by atomic mass is 19.4. The van der Waals surface area contributed by atoms with E-state index in [1.807, 2.05) is 6.92 Å². The van der Waals surface area contributed by atoms with E-state index in [0.29, 0.717) is 12.4 Å². The van der Waals surface area contributed by atoms with Crippen molar-refractivity contribution in [2.75, 3.05) is 6.61 Å². The van der Waals surface area contributed by atoms with Crippen molar-refractivity contribution in [1.82, 2.24) is 0 Å². The summed E-state index contributed by atoms with van der Waals surface area (Å²) in [7, 11) is 0. The number of hydrogen-bond acceptors (Lipinski definition) is 2. The Kier molecular flexibility index (Phi) is 4.81. The Morgan fingerprint density at radius 2 is 1.82 bits per heavy atom. The van der Waals surface area contributed by atoms with Gasteiger partial charge in [-0.05, 0) is 24.1 Å². The van der Waals surface area contributed by atoms with Gasteiger partial charge in [-0.25, -0.2) is 0 Å². The van der Waals surface area contributed by atoms with Crippen molar-refractivity contribution in [3.8, 4) is 5.75 Å². The molecule has 0 aliphatic rings. The van der Waals surface area contributed by atoms with Crippen LogP contribution < -0.4 is 10.5 Å². The second kappa shape index (κ2) is 5.91. The molecule has 0 unspecified atom stereocenters. The van der Waals surface area contributed by atoms with Crippen molar-refractivity contribution in [2.24, 2.45) is 5.73 Å². The Morgan fingerprint density at radius 3 is 2.29 bits per heavy atom. The highest BCUT2D eigenvalue weighted by molar-refractivity contribution is 5.29. The number of halogens is 3. The lowest BCUT2D eigenvalue weighted by Gasteiger charge is -2.16. The van der Waals surface area contributed by atoms with Crippen LogP contribution in [0.5, 0.6) is 5.75 Å². The molecule has 2 N–H and O–H groups in total. The fraction of sp³-hybridized carbons (Fsp3) is 0.500. The van der Waals surface area contributed by atoms with Crippen LogP contribution in [0.2, 0.25) is 0 Å². The lowest BCUT2D eigenvalue weighted by atomic mass is 10.1. The third kappa shape index (κ3) is 4.26. The van der Waals surface area contributed by atoms with Crippen molar-refractivity contribution in [3.05, 3.63) is 29.8 Å². The molecule has 0 spiro atoms. The van der Waals surface area contributed by atoms with Crippen molar-refractivity contribution in [3.63, 3.8) is 0 Å². The van der Waals surface area contributed by atoms with Crippen molar-refractivity contribution in [1.29, 1.82) is 0 Å². The molecule has 1 aromatic rings. The maximum atomic E-state index is 12.3. The second-order valence-corrected chi connectivity index (χ2v) is 3.79. The maximum Gasteiger partial charge on any atom is 0.407 e. The standard InChI is InChI=1S/C12H16F3NO/c1-2-3-8-17-10-6-4-9(5-7-10)11(16)12(13,14)15/h4-7,11H,2-3,8,16H2,1H3/t11-/m1/s1. The predicted molar refractivity (Wildman–Crippen MR) is 59.8 cm³/mol. The molecule has 96 valence electrons. The zero-order chi connectivity index (χ0) is 12.9. The molecular weight excluding hydrogens is 231 g/mol. The summed E-state index contributed by atoms with van der Waals surface area (Å²) in [4.78, 5) is 0. The van der Waals surface area contributed by atoms with Crippen LogP contribution in [0.4, 0.5) is 13.2 Å². The summed E-state index contributed by atoms with van der Waals surface area (Å²) >= 11 is 0. The van der Waals surface area contributed by atoms with E-state index >= 15 is 0 Å². The topological polar surface area (TPSA) is 35.2 Å². The van der Waals surface area contributed by atoms with E-state index in [2.05, 4.69) is 0 Å². The van der Waals surface area contributed by atoms with E-state index in [0.717, 1.165) is 12.8 Å². The normalized spacial score (nSPS) is 13.5. The SMILES string of the molecule is CCCCOc1ccc([C@@H](N)C(F)(F)F)cc1. The van der Waals surface area contributed by atoms with E-state index < -0.39 is 12.2 Å². The van der Waals surface area contributed by atoms with Crippen LogP contribution in [0.1, 0.15) is 31.4 Å². The molecule has 0 saturated heterocycles. The van der Waals surface area contributed by atoms with E-state index in [4.69, 9.17) is 10.5 Å². The van der Waals surface area contributed by atoms with Crippen LogP contribution in [0, 0.1) is 0 Å². The first-order chi connectivity index (χ1) is 7.95. The van der Waals surface area contributed by atoms with Gasteiger partial charge in [-0.2, -0.15) is 13.2 Å². The van der Waals surface area contributed by atoms with Crippen molar-refractivity contribution >= 4 is 0 Å². The lowest BCUT2D eigenvalue weighted by Crippen LogP contribution is -2.28. The molecular formula is C12H16F3NO. The molecule has 0 radical (unpaired) electrons. The number of unbranched alkanes of at least 4 members (excludes halogenated alkanes) is 1. The number of hydrogen-bond donors (Lipinski definition) is 1. The van der Waals surface area contributed by atoms with Gasteiger partial charge in [0.25, 0.3) is 0 Å². The number of ether oxygens (including phenoxy) is 1. The van der Waals surface area contributed by atoms with Gasteiger partial charge in [0.2, 0.25) is 0 Å². The van der Waals surface area contributed by atoms with E-state index in [1.54, 1.807) is 0 Å². The summed E-state index contributed by atoms with van der Waals surface area (Å²) in [5, 5.41) is 0. The van der Waals surface area contributed by atoms with Crippen LogP contribution in [0.3, 0.4) is 0 Å². The largest absolute Gasteiger partial charge is 0.494 e. The van der Waals surface area contributed by atoms with Crippen molar-refractivity contribution in [2.45, 2.75) is 32.0 Å². The van der Waals surface area contributed by atoms with Gasteiger partial charge >= 0.3 is 6.18 Å². The van der Waals surface area contributed by atoms with Gasteiger partial charge in [-0.1, -0.05) is 25.5 Å². The highest BCUT2D eigenvalue weighted by Gasteiger charge is 2.37. The number of nitrogens with two attached hydrogens (primary N) is 1. The van der Waals surface area contributed by atoms with E-state index in [9.17, 15) is 13.2 Å². The zero-order valence-corrected chi connectivity index (χ0v) is 9.63. The molecule has 0 aromatic heterocycles. The van der Waals surface area contributed by atoms with Gasteiger partial charge in [0, 0.05) is 0 Å². The van der Waals surface area contributed by atoms with Gasteiger partial charge in [-0.3, -0.25) is 0 Å². The second-order valence-electron chi connectivity index (χ2n) is 3.79. The average molecular weight is 247 g/mol. The van der Waals surface area contributed by atoms with Gasteiger partial charge in [0.05, 0.1) is 6.61 Å². The summed E-state index contributed by atoms with van der Waals surface area (Å²) < 4.78 is 42.3. The fourth-order valence-corrected chi connectivity index (χ4v) is 1.29. The maximum absolute atomic E-state index is 12.3. The van der Waals surface area contributed by atoms with Crippen molar-refractivity contribution < 1.29 is 17.9 Å². The van der Waals surface area contributed by atoms with Crippen LogP contribution in [-0.2, 0) is 0 Å². The Labute approximate surface area is 98.6 Å². The summed E-state index contributed by atoms with van der Waals surface area (Å²) in [5.74, 6) is 0.566. The number of benzene rings is 1. The van der Waals surface area contributed by atoms with Gasteiger partial charge < -0.3 is 10.5 Å². The molecule has 0 saturated carbocycles. The summed E-state index contributed by atoms with van der Waals surface area (Å²) in [6, 6.07) is 3.78. The Hall–Kier alpha value is -1.23. The molecule has 1 rings (SSSR count). The number of rotatable bonds is 5. The quantitative estimate of drug-likeness (QED) is 0.809. The van der Waals surface area contributed by atoms with Crippen LogP contribution in [0.15, 0.2) is 24.3 Å². The van der Waals surface area contributed by atoms with E-state index in [-0.39, 0.29) is 5.56 Å². The first-order valence-corrected chi connectivity index (χ1v) is 5.50. The molecule has 17 heavy (non-hydrogen) atoms. The first-order valence-electron chi connectivity index (χ1n) is 5.50. The summed E-state index contributed by atoms with van der Waals surface area (Å²) in [6.45, 7) is 2.61. The molecule has 2 nitrogen and oxygen atoms in total. The lowest BCUT2D eigenvalue weighted by molar-refractivity contribution is -0.149. The minimum atomic E-state index is -4.41. The Bertz CT molecular complexity index is 335. The Morgan fingerprint density at radius 1 is 1.24 bits per heavy atom. The molecule has 0 heterocycles. The summed E-state index contributed by atoms with van der Waals surface area (Å²) in [5.41, 5.74) is 5.12. The molecule has 0 fully saturated rings. The third-order valence-corrected chi connectivity index (χ3v) is 2.36. The number of alkyl halides is 3. The molecule has 0 bridgehead atoms. The molecule has 1 aromatic carbocycles. The van der Waals surface area contributed by atoms with Gasteiger partial charge in [0.1, 0.15) is 11.8 Å².